The number of aromatic amines is 2. The van der Waals surface area contributed by atoms with Crippen LogP contribution < -0.4 is 16.0 Å². The summed E-state index contributed by atoms with van der Waals surface area (Å²) in [4.78, 5) is 69.7. The number of hydrogen-bond acceptors (Lipinski definition) is 6. The van der Waals surface area contributed by atoms with Gasteiger partial charge in [0.25, 0.3) is 0 Å². The number of anilines is 3. The largest absolute Gasteiger partial charge is 0.354 e. The first-order valence-electron chi connectivity index (χ1n) is 22.5. The van der Waals surface area contributed by atoms with Crippen LogP contribution in [0, 0.1) is 27.7 Å². The summed E-state index contributed by atoms with van der Waals surface area (Å²) in [5, 5.41) is 9.19. The molecule has 0 fully saturated rings. The molecule has 5 N–H and O–H groups in total. The Hall–Kier alpha value is -8.44. The number of hydrogen-bond donors (Lipinski definition) is 5. The highest BCUT2D eigenvalue weighted by atomic mass is 16.2. The highest BCUT2D eigenvalue weighted by Gasteiger charge is 2.23. The van der Waals surface area contributed by atoms with Gasteiger partial charge in [0, 0.05) is 105 Å². The topological polar surface area (TPSA) is 162 Å². The van der Waals surface area contributed by atoms with E-state index < -0.39 is 0 Å². The fraction of sp³-hybridized carbons (Fsp3) is 0.158. The molecule has 0 saturated heterocycles. The predicted molar refractivity (Wildman–Crippen MR) is 277 cm³/mol. The zero-order chi connectivity index (χ0) is 48.0. The number of H-pyrrole nitrogens is 2. The molecule has 3 amide bonds. The van der Waals surface area contributed by atoms with Gasteiger partial charge in [-0.25, -0.2) is 9.97 Å². The molecule has 11 nitrogen and oxygen atoms in total. The Bertz CT molecular complexity index is 3080. The molecule has 338 valence electrons. The molecule has 0 aliphatic carbocycles. The quantitative estimate of drug-likeness (QED) is 0.0969. The first-order chi connectivity index (χ1) is 32.6. The van der Waals surface area contributed by atoms with E-state index in [1.165, 1.54) is 20.8 Å². The summed E-state index contributed by atoms with van der Waals surface area (Å²) in [5.41, 5.74) is 18.2. The van der Waals surface area contributed by atoms with Crippen LogP contribution in [0.25, 0.3) is 90.9 Å². The lowest BCUT2D eigenvalue weighted by molar-refractivity contribution is -0.116. The van der Waals surface area contributed by atoms with Gasteiger partial charge in [0.15, 0.2) is 0 Å². The Kier molecular flexibility index (Phi) is 11.9. The van der Waals surface area contributed by atoms with Crippen molar-refractivity contribution in [2.45, 2.75) is 61.8 Å². The molecule has 0 spiro atoms. The van der Waals surface area contributed by atoms with Gasteiger partial charge < -0.3 is 25.9 Å². The zero-order valence-electron chi connectivity index (χ0n) is 39.3. The van der Waals surface area contributed by atoms with Crippen molar-refractivity contribution in [2.75, 3.05) is 16.0 Å². The van der Waals surface area contributed by atoms with E-state index >= 15 is 0 Å². The molecule has 8 bridgehead atoms. The molecular formula is C57H51N7O4. The molecule has 5 heterocycles. The van der Waals surface area contributed by atoms with Gasteiger partial charge in [0.05, 0.1) is 22.8 Å². The van der Waals surface area contributed by atoms with Gasteiger partial charge in [0.1, 0.15) is 5.78 Å². The summed E-state index contributed by atoms with van der Waals surface area (Å²) in [5.74, 6) is -0.621. The minimum absolute atomic E-state index is 0.0278. The zero-order valence-corrected chi connectivity index (χ0v) is 39.3. The molecule has 0 atom stereocenters. The summed E-state index contributed by atoms with van der Waals surface area (Å²) < 4.78 is 0. The third kappa shape index (κ3) is 8.93. The lowest BCUT2D eigenvalue weighted by Crippen LogP contribution is -2.07. The minimum Gasteiger partial charge on any atom is -0.354 e. The third-order valence-electron chi connectivity index (χ3n) is 12.0. The SMILES string of the molecule is CC(=O)Cc1ccc(C)cc1-c1c2nc(c(-c3cc(C)ccc3NC(C)=O)c3ccc([nH]3)c(-c3cc(C)ccc3NC(C)=O)c3nc(c(-c4cc(C)ccc4NC(C)=O)c4ccc1[nH]4)C=C3)C=C2. The van der Waals surface area contributed by atoms with Crippen LogP contribution >= 0.6 is 0 Å². The number of ketones is 1. The molecule has 2 aliphatic heterocycles. The van der Waals surface area contributed by atoms with E-state index in [2.05, 4.69) is 32.0 Å². The number of carbonyl (C=O) groups is 4. The number of aromatic nitrogens is 4. The van der Waals surface area contributed by atoms with E-state index in [1.807, 2.05) is 143 Å². The van der Waals surface area contributed by atoms with Gasteiger partial charge in [-0.05, 0) is 131 Å². The maximum Gasteiger partial charge on any atom is 0.221 e. The first kappa shape index (κ1) is 44.7. The van der Waals surface area contributed by atoms with Gasteiger partial charge >= 0.3 is 0 Å². The lowest BCUT2D eigenvalue weighted by Gasteiger charge is -2.14. The molecule has 68 heavy (non-hydrogen) atoms. The van der Waals surface area contributed by atoms with Crippen LogP contribution in [-0.4, -0.2) is 43.4 Å². The van der Waals surface area contributed by atoms with E-state index in [-0.39, 0.29) is 29.9 Å². The van der Waals surface area contributed by atoms with Crippen molar-refractivity contribution in [1.82, 2.24) is 19.9 Å². The molecule has 11 heteroatoms. The van der Waals surface area contributed by atoms with Crippen molar-refractivity contribution in [2.24, 2.45) is 0 Å². The van der Waals surface area contributed by atoms with Gasteiger partial charge in [-0.3, -0.25) is 19.2 Å². The highest BCUT2D eigenvalue weighted by molar-refractivity contribution is 6.06. The van der Waals surface area contributed by atoms with Crippen LogP contribution in [0.5, 0.6) is 0 Å². The monoisotopic (exact) mass is 897 g/mol. The lowest BCUT2D eigenvalue weighted by atomic mass is 9.93. The Labute approximate surface area is 394 Å². The number of Topliss-reactive ketones (excluding diaryl/α,β-unsaturated/α-hetero) is 1. The fourth-order valence-corrected chi connectivity index (χ4v) is 9.18. The average Bonchev–Trinajstić information content (AvgIpc) is 4.12. The number of nitrogens with zero attached hydrogens (tertiary/aromatic N) is 2. The van der Waals surface area contributed by atoms with Crippen molar-refractivity contribution in [3.05, 3.63) is 148 Å². The molecule has 7 aromatic rings. The number of nitrogens with one attached hydrogen (secondary N) is 5. The Morgan fingerprint density at radius 1 is 0.412 bits per heavy atom. The predicted octanol–water partition coefficient (Wildman–Crippen LogP) is 12.6. The Morgan fingerprint density at radius 3 is 1.01 bits per heavy atom. The summed E-state index contributed by atoms with van der Waals surface area (Å²) in [7, 11) is 0. The summed E-state index contributed by atoms with van der Waals surface area (Å²) in [6, 6.07) is 31.9. The molecule has 3 aromatic heterocycles. The Morgan fingerprint density at radius 2 is 0.706 bits per heavy atom. The van der Waals surface area contributed by atoms with Crippen LogP contribution in [0.15, 0.2) is 97.1 Å². The maximum atomic E-state index is 12.9. The molecule has 2 aliphatic rings. The van der Waals surface area contributed by atoms with Crippen LogP contribution in [-0.2, 0) is 25.6 Å². The van der Waals surface area contributed by atoms with Crippen LogP contribution in [0.1, 0.15) is 78.3 Å². The van der Waals surface area contributed by atoms with Crippen molar-refractivity contribution < 1.29 is 19.2 Å². The number of amides is 3. The van der Waals surface area contributed by atoms with Crippen LogP contribution in [0.2, 0.25) is 0 Å². The van der Waals surface area contributed by atoms with Gasteiger partial charge in [-0.1, -0.05) is 58.7 Å². The standard InChI is InChI=1S/C57H51N7O4/c1-30-9-13-38(29-34(5)65)39(25-30)54-46-17-19-48(61-46)55(40-26-31(2)10-14-43(40)58-35(6)66)50-21-23-52(63-50)57(42-28-33(4)12-16-45(42)60-37(8)68)53-24-22-51(64-53)56(49-20-18-47(54)62-49)41-27-32(3)11-15-44(41)59-36(7)67/h9-28,61,64H,29H2,1-8H3,(H,58,66)(H,59,67)(H,60,68). The molecule has 4 aromatic carbocycles. The second-order valence-electron chi connectivity index (χ2n) is 17.7. The first-order valence-corrected chi connectivity index (χ1v) is 22.5. The van der Waals surface area contributed by atoms with Crippen LogP contribution in [0.4, 0.5) is 17.1 Å². The van der Waals surface area contributed by atoms with E-state index in [4.69, 9.17) is 9.97 Å². The van der Waals surface area contributed by atoms with Crippen molar-refractivity contribution >= 4 is 86.9 Å². The second-order valence-corrected chi connectivity index (χ2v) is 17.7. The summed E-state index contributed by atoms with van der Waals surface area (Å²) >= 11 is 0. The number of rotatable bonds is 9. The summed E-state index contributed by atoms with van der Waals surface area (Å²) in [6.45, 7) is 14.1. The number of fused-ring (bicyclic) bond motifs is 8. The maximum absolute atomic E-state index is 12.9. The summed E-state index contributed by atoms with van der Waals surface area (Å²) in [6.07, 6.45) is 8.16. The van der Waals surface area contributed by atoms with E-state index in [9.17, 15) is 19.2 Å². The van der Waals surface area contributed by atoms with Gasteiger partial charge in [-0.15, -0.1) is 0 Å². The number of carbonyl (C=O) groups excluding carboxylic acids is 4. The third-order valence-corrected chi connectivity index (χ3v) is 12.0. The van der Waals surface area contributed by atoms with Gasteiger partial charge in [0.2, 0.25) is 17.7 Å². The molecule has 9 rings (SSSR count). The fourth-order valence-electron chi connectivity index (χ4n) is 9.18. The van der Waals surface area contributed by atoms with Crippen LogP contribution in [0.3, 0.4) is 0 Å². The smallest absolute Gasteiger partial charge is 0.221 e. The van der Waals surface area contributed by atoms with E-state index in [0.29, 0.717) is 45.4 Å². The Balaban J connectivity index is 1.53. The second kappa shape index (κ2) is 18.1. The van der Waals surface area contributed by atoms with Crippen molar-refractivity contribution in [3.63, 3.8) is 0 Å². The van der Waals surface area contributed by atoms with E-state index in [0.717, 1.165) is 88.9 Å². The molecule has 0 radical (unpaired) electrons. The molecule has 0 saturated carbocycles. The van der Waals surface area contributed by atoms with Crippen molar-refractivity contribution in [1.29, 1.82) is 0 Å². The highest BCUT2D eigenvalue weighted by Crippen LogP contribution is 2.43. The van der Waals surface area contributed by atoms with Gasteiger partial charge in [-0.2, -0.15) is 0 Å². The number of benzene rings is 4. The molecule has 0 unspecified atom stereocenters. The minimum atomic E-state index is -0.218. The normalized spacial score (nSPS) is 11.7. The van der Waals surface area contributed by atoms with Crippen molar-refractivity contribution in [3.8, 4) is 44.5 Å². The number of aryl methyl sites for hydroxylation is 4. The average molecular weight is 898 g/mol. The molecular weight excluding hydrogens is 847 g/mol. The van der Waals surface area contributed by atoms with E-state index in [1.54, 1.807) is 6.92 Å².